The van der Waals surface area contributed by atoms with E-state index < -0.39 is 66.7 Å². The third kappa shape index (κ3) is 7.30. The maximum absolute atomic E-state index is 12.8. The van der Waals surface area contributed by atoms with E-state index in [1.54, 1.807) is 20.0 Å². The number of rotatable bonds is 12. The molecule has 0 saturated carbocycles. The number of nitrogens with one attached hydrogen (secondary N) is 4. The Bertz CT molecular complexity index is 1060. The number of H-pyrrole nitrogens is 1. The Kier molecular flexibility index (Phi) is 9.13. The Hall–Kier alpha value is -3.93. The zero-order valence-corrected chi connectivity index (χ0v) is 18.8. The topological polar surface area (TPSA) is 204 Å². The molecule has 0 aliphatic carbocycles. The summed E-state index contributed by atoms with van der Waals surface area (Å²) in [6.45, 7) is 2.81. The summed E-state index contributed by atoms with van der Waals surface area (Å²) in [6, 6.07) is 3.74. The maximum Gasteiger partial charge on any atom is 0.326 e. The number of fused-ring (bicyclic) bond motifs is 1. The zero-order valence-electron chi connectivity index (χ0n) is 18.8. The van der Waals surface area contributed by atoms with Crippen LogP contribution in [0.25, 0.3) is 10.9 Å². The van der Waals surface area contributed by atoms with Gasteiger partial charge in [-0.05, 0) is 17.5 Å². The molecule has 12 nitrogen and oxygen atoms in total. The van der Waals surface area contributed by atoms with E-state index in [9.17, 15) is 29.1 Å². The summed E-state index contributed by atoms with van der Waals surface area (Å²) in [5, 5.41) is 26.3. The molecule has 1 aromatic carbocycles. The monoisotopic (exact) mass is 475 g/mol. The predicted molar refractivity (Wildman–Crippen MR) is 122 cm³/mol. The van der Waals surface area contributed by atoms with Gasteiger partial charge in [0, 0.05) is 23.5 Å². The molecule has 0 bridgehead atoms. The molecule has 0 aliphatic rings. The molecule has 3 atom stereocenters. The van der Waals surface area contributed by atoms with Gasteiger partial charge in [-0.15, -0.1) is 0 Å². The van der Waals surface area contributed by atoms with Gasteiger partial charge in [-0.2, -0.15) is 0 Å². The molecule has 0 aliphatic heterocycles. The van der Waals surface area contributed by atoms with Gasteiger partial charge in [-0.25, -0.2) is 4.79 Å². The number of aromatic amines is 1. The molecule has 34 heavy (non-hydrogen) atoms. The summed E-state index contributed by atoms with van der Waals surface area (Å²) in [7, 11) is 0. The van der Waals surface area contributed by atoms with Crippen molar-refractivity contribution in [3.05, 3.63) is 36.0 Å². The van der Waals surface area contributed by atoms with Crippen LogP contribution in [0.1, 0.15) is 25.8 Å². The number of carboxylic acid groups (broad SMARTS) is 2. The number of carbonyl (C=O) groups excluding carboxylic acids is 3. The third-order valence-corrected chi connectivity index (χ3v) is 5.13. The fourth-order valence-electron chi connectivity index (χ4n) is 3.32. The van der Waals surface area contributed by atoms with E-state index in [-0.39, 0.29) is 6.42 Å². The van der Waals surface area contributed by atoms with Crippen LogP contribution >= 0.6 is 0 Å². The van der Waals surface area contributed by atoms with Gasteiger partial charge in [-0.3, -0.25) is 19.2 Å². The minimum Gasteiger partial charge on any atom is -0.481 e. The van der Waals surface area contributed by atoms with Gasteiger partial charge in [-0.1, -0.05) is 32.0 Å². The molecule has 0 fully saturated rings. The van der Waals surface area contributed by atoms with Gasteiger partial charge < -0.3 is 36.9 Å². The molecule has 8 N–H and O–H groups in total. The summed E-state index contributed by atoms with van der Waals surface area (Å²) in [5.41, 5.74) is 6.98. The van der Waals surface area contributed by atoms with Crippen molar-refractivity contribution in [3.8, 4) is 0 Å². The van der Waals surface area contributed by atoms with E-state index in [1.165, 1.54) is 0 Å². The molecule has 2 rings (SSSR count). The molecule has 3 unspecified atom stereocenters. The minimum atomic E-state index is -1.32. The maximum atomic E-state index is 12.8. The van der Waals surface area contributed by atoms with E-state index in [1.807, 2.05) is 24.3 Å². The van der Waals surface area contributed by atoms with Gasteiger partial charge in [0.15, 0.2) is 0 Å². The van der Waals surface area contributed by atoms with Crippen LogP contribution in [0.4, 0.5) is 0 Å². The molecule has 0 radical (unpaired) electrons. The van der Waals surface area contributed by atoms with Gasteiger partial charge in [0.25, 0.3) is 0 Å². The van der Waals surface area contributed by atoms with Crippen LogP contribution in [-0.2, 0) is 30.4 Å². The van der Waals surface area contributed by atoms with E-state index in [4.69, 9.17) is 10.8 Å². The van der Waals surface area contributed by atoms with Crippen molar-refractivity contribution in [1.82, 2.24) is 20.9 Å². The molecule has 184 valence electrons. The molecule has 3 amide bonds. The van der Waals surface area contributed by atoms with Crippen molar-refractivity contribution in [2.75, 3.05) is 6.54 Å². The second-order valence-corrected chi connectivity index (χ2v) is 8.17. The van der Waals surface area contributed by atoms with Gasteiger partial charge in [0.2, 0.25) is 17.7 Å². The lowest BCUT2D eigenvalue weighted by Gasteiger charge is -2.24. The number of benzene rings is 1. The summed E-state index contributed by atoms with van der Waals surface area (Å²) in [4.78, 5) is 62.3. The molecule has 2 aromatic rings. The van der Waals surface area contributed by atoms with Gasteiger partial charge in [0.05, 0.1) is 19.0 Å². The average molecular weight is 476 g/mol. The molecular weight excluding hydrogens is 446 g/mol. The van der Waals surface area contributed by atoms with Crippen molar-refractivity contribution in [1.29, 1.82) is 0 Å². The van der Waals surface area contributed by atoms with Crippen molar-refractivity contribution in [2.45, 2.75) is 44.8 Å². The second kappa shape index (κ2) is 11.8. The van der Waals surface area contributed by atoms with Crippen LogP contribution in [0.2, 0.25) is 0 Å². The second-order valence-electron chi connectivity index (χ2n) is 8.17. The molecular formula is C22H29N5O7. The van der Waals surface area contributed by atoms with Crippen LogP contribution in [0.3, 0.4) is 0 Å². The Morgan fingerprint density at radius 3 is 2.32 bits per heavy atom. The molecule has 0 spiro atoms. The number of para-hydroxylation sites is 1. The van der Waals surface area contributed by atoms with Crippen molar-refractivity contribution in [3.63, 3.8) is 0 Å². The van der Waals surface area contributed by atoms with E-state index in [0.717, 1.165) is 10.9 Å². The number of nitrogens with two attached hydrogens (primary N) is 1. The highest BCUT2D eigenvalue weighted by atomic mass is 16.4. The van der Waals surface area contributed by atoms with E-state index in [0.29, 0.717) is 5.56 Å². The number of aromatic nitrogens is 1. The smallest absolute Gasteiger partial charge is 0.326 e. The fourth-order valence-corrected chi connectivity index (χ4v) is 3.32. The largest absolute Gasteiger partial charge is 0.481 e. The highest BCUT2D eigenvalue weighted by molar-refractivity contribution is 5.93. The quantitative estimate of drug-likeness (QED) is 0.209. The number of aliphatic carboxylic acids is 2. The number of carbonyl (C=O) groups is 5. The first-order valence-corrected chi connectivity index (χ1v) is 10.6. The van der Waals surface area contributed by atoms with Gasteiger partial charge in [0.1, 0.15) is 12.1 Å². The minimum absolute atomic E-state index is 0.0291. The Morgan fingerprint density at radius 2 is 1.71 bits per heavy atom. The first-order valence-electron chi connectivity index (χ1n) is 10.6. The summed E-state index contributed by atoms with van der Waals surface area (Å²) >= 11 is 0. The number of amides is 3. The molecule has 1 heterocycles. The van der Waals surface area contributed by atoms with Crippen LogP contribution < -0.4 is 21.7 Å². The van der Waals surface area contributed by atoms with Crippen LogP contribution in [0.15, 0.2) is 30.5 Å². The summed E-state index contributed by atoms with van der Waals surface area (Å²) < 4.78 is 0. The van der Waals surface area contributed by atoms with Crippen LogP contribution in [0.5, 0.6) is 0 Å². The van der Waals surface area contributed by atoms with Crippen molar-refractivity contribution in [2.24, 2.45) is 11.7 Å². The van der Waals surface area contributed by atoms with Gasteiger partial charge >= 0.3 is 11.9 Å². The number of hydrogen-bond donors (Lipinski definition) is 7. The van der Waals surface area contributed by atoms with Crippen molar-refractivity contribution >= 4 is 40.6 Å². The lowest BCUT2D eigenvalue weighted by molar-refractivity contribution is -0.142. The number of hydrogen-bond acceptors (Lipinski definition) is 6. The lowest BCUT2D eigenvalue weighted by atomic mass is 10.0. The molecule has 12 heteroatoms. The molecule has 0 saturated heterocycles. The highest BCUT2D eigenvalue weighted by Crippen LogP contribution is 2.19. The Balaban J connectivity index is 2.00. The van der Waals surface area contributed by atoms with Crippen LogP contribution in [0, 0.1) is 5.92 Å². The first kappa shape index (κ1) is 26.3. The Labute approximate surface area is 195 Å². The lowest BCUT2D eigenvalue weighted by Crippen LogP contribution is -2.56. The van der Waals surface area contributed by atoms with Crippen LogP contribution in [-0.4, -0.2) is 69.5 Å². The number of carboxylic acids is 2. The fraction of sp³-hybridized carbons (Fsp3) is 0.409. The predicted octanol–water partition coefficient (Wildman–Crippen LogP) is -0.661. The molecule has 1 aromatic heterocycles. The van der Waals surface area contributed by atoms with E-state index in [2.05, 4.69) is 20.9 Å². The average Bonchev–Trinajstić information content (AvgIpc) is 3.17. The SMILES string of the molecule is CC(C)C(NC(=O)CNC(=O)C(N)CC(=O)O)C(=O)NC(Cc1c[nH]c2ccccc12)C(=O)O. The summed E-state index contributed by atoms with van der Waals surface area (Å²) in [6.07, 6.45) is 1.12. The van der Waals surface area contributed by atoms with E-state index >= 15 is 0 Å². The Morgan fingerprint density at radius 1 is 1.03 bits per heavy atom. The first-order chi connectivity index (χ1) is 16.0. The third-order valence-electron chi connectivity index (χ3n) is 5.13. The normalized spacial score (nSPS) is 13.6. The summed E-state index contributed by atoms with van der Waals surface area (Å²) in [5.74, 6) is -5.11. The standard InChI is InChI=1S/C22H29N5O7/c1-11(2)19(27-17(28)10-25-20(31)14(23)8-18(29)30)21(32)26-16(22(33)34)7-12-9-24-15-6-4-3-5-13(12)15/h3-6,9,11,14,16,19,24H,7-8,10,23H2,1-2H3,(H,25,31)(H,26,32)(H,27,28)(H,29,30)(H,33,34). The highest BCUT2D eigenvalue weighted by Gasteiger charge is 2.29. The zero-order chi connectivity index (χ0) is 25.4. The van der Waals surface area contributed by atoms with Crippen molar-refractivity contribution < 1.29 is 34.2 Å².